The Labute approximate surface area is 169 Å². The second-order valence-electron chi connectivity index (χ2n) is 7.27. The monoisotopic (exact) mass is 414 g/mol. The molecular formula is C21H22N2O5S. The molecule has 2 aromatic rings. The van der Waals surface area contributed by atoms with Gasteiger partial charge in [-0.2, -0.15) is 0 Å². The van der Waals surface area contributed by atoms with Gasteiger partial charge in [-0.15, -0.1) is 0 Å². The van der Waals surface area contributed by atoms with E-state index in [4.69, 9.17) is 0 Å². The first-order chi connectivity index (χ1) is 13.6. The lowest BCUT2D eigenvalue weighted by Crippen LogP contribution is -2.48. The molecule has 0 fully saturated rings. The van der Waals surface area contributed by atoms with Crippen LogP contribution in [0.3, 0.4) is 0 Å². The van der Waals surface area contributed by atoms with E-state index < -0.39 is 33.6 Å². The Morgan fingerprint density at radius 3 is 2.17 bits per heavy atom. The molecule has 152 valence electrons. The first-order valence-electron chi connectivity index (χ1n) is 9.11. The van der Waals surface area contributed by atoms with Crippen LogP contribution >= 0.6 is 0 Å². The fourth-order valence-corrected chi connectivity index (χ4v) is 3.93. The second-order valence-corrected chi connectivity index (χ2v) is 9.53. The van der Waals surface area contributed by atoms with E-state index in [9.17, 15) is 22.8 Å². The second kappa shape index (κ2) is 7.79. The summed E-state index contributed by atoms with van der Waals surface area (Å²) in [5.74, 6) is -2.12. The molecule has 0 aliphatic carbocycles. The van der Waals surface area contributed by atoms with Gasteiger partial charge >= 0.3 is 0 Å². The number of fused-ring (bicyclic) bond motifs is 1. The first kappa shape index (κ1) is 20.7. The van der Waals surface area contributed by atoms with E-state index in [2.05, 4.69) is 5.32 Å². The zero-order chi connectivity index (χ0) is 21.3. The highest BCUT2D eigenvalue weighted by Crippen LogP contribution is 2.27. The third-order valence-electron chi connectivity index (χ3n) is 4.85. The lowest BCUT2D eigenvalue weighted by Gasteiger charge is -2.25. The molecule has 1 N–H and O–H groups in total. The lowest BCUT2D eigenvalue weighted by atomic mass is 10.1. The predicted octanol–water partition coefficient (Wildman–Crippen LogP) is 2.34. The summed E-state index contributed by atoms with van der Waals surface area (Å²) in [7, 11) is -3.40. The standard InChI is InChI=1S/C21H22N2O5S/c1-13-8-9-14(2)17(12-13)22-19(24)18(10-11-29(3,27)28)23-20(25)15-6-4-5-7-16(15)21(23)26/h4-9,12,18H,10-11H2,1-3H3,(H,22,24)/t18-/m1/s1. The molecule has 1 aliphatic heterocycles. The molecule has 0 aromatic heterocycles. The number of aryl methyl sites for hydroxylation is 2. The Hall–Kier alpha value is -3.00. The van der Waals surface area contributed by atoms with Crippen LogP contribution in [0.4, 0.5) is 5.69 Å². The Morgan fingerprint density at radius 1 is 1.03 bits per heavy atom. The summed E-state index contributed by atoms with van der Waals surface area (Å²) in [6, 6.07) is 10.6. The molecule has 2 aromatic carbocycles. The van der Waals surface area contributed by atoms with Gasteiger partial charge in [-0.25, -0.2) is 8.42 Å². The van der Waals surface area contributed by atoms with Gasteiger partial charge in [-0.3, -0.25) is 19.3 Å². The van der Waals surface area contributed by atoms with Crippen molar-refractivity contribution in [3.05, 3.63) is 64.7 Å². The van der Waals surface area contributed by atoms with Crippen molar-refractivity contribution in [2.45, 2.75) is 26.3 Å². The molecule has 3 rings (SSSR count). The van der Waals surface area contributed by atoms with E-state index in [0.717, 1.165) is 22.3 Å². The minimum atomic E-state index is -3.40. The minimum absolute atomic E-state index is 0.180. The summed E-state index contributed by atoms with van der Waals surface area (Å²) in [5.41, 5.74) is 2.71. The summed E-state index contributed by atoms with van der Waals surface area (Å²) in [4.78, 5) is 39.6. The number of nitrogens with one attached hydrogen (secondary N) is 1. The van der Waals surface area contributed by atoms with Crippen molar-refractivity contribution in [3.8, 4) is 0 Å². The van der Waals surface area contributed by atoms with Crippen LogP contribution in [0.1, 0.15) is 38.3 Å². The number of hydrogen-bond donors (Lipinski definition) is 1. The molecule has 1 heterocycles. The maximum Gasteiger partial charge on any atom is 0.262 e. The summed E-state index contributed by atoms with van der Waals surface area (Å²) < 4.78 is 23.4. The molecule has 0 spiro atoms. The zero-order valence-electron chi connectivity index (χ0n) is 16.4. The van der Waals surface area contributed by atoms with E-state index >= 15 is 0 Å². The summed E-state index contributed by atoms with van der Waals surface area (Å²) in [6.07, 6.45) is 0.871. The number of anilines is 1. The number of hydrogen-bond acceptors (Lipinski definition) is 5. The molecule has 0 bridgehead atoms. The van der Waals surface area contributed by atoms with E-state index in [1.54, 1.807) is 18.2 Å². The fraction of sp³-hybridized carbons (Fsp3) is 0.286. The number of carbonyl (C=O) groups is 3. The predicted molar refractivity (Wildman–Crippen MR) is 110 cm³/mol. The van der Waals surface area contributed by atoms with Crippen molar-refractivity contribution in [3.63, 3.8) is 0 Å². The number of sulfone groups is 1. The molecule has 0 saturated heterocycles. The van der Waals surface area contributed by atoms with Gasteiger partial charge in [0.25, 0.3) is 11.8 Å². The average molecular weight is 414 g/mol. The van der Waals surface area contributed by atoms with Crippen LogP contribution in [-0.4, -0.2) is 49.1 Å². The van der Waals surface area contributed by atoms with Crippen LogP contribution in [-0.2, 0) is 14.6 Å². The number of amides is 3. The highest BCUT2D eigenvalue weighted by Gasteiger charge is 2.42. The quantitative estimate of drug-likeness (QED) is 0.731. The fourth-order valence-electron chi connectivity index (χ4n) is 3.28. The number of carbonyl (C=O) groups excluding carboxylic acids is 3. The highest BCUT2D eigenvalue weighted by atomic mass is 32.2. The molecule has 7 nitrogen and oxygen atoms in total. The van der Waals surface area contributed by atoms with E-state index in [-0.39, 0.29) is 23.3 Å². The van der Waals surface area contributed by atoms with E-state index in [0.29, 0.717) is 5.69 Å². The van der Waals surface area contributed by atoms with Gasteiger partial charge in [0, 0.05) is 11.9 Å². The molecule has 29 heavy (non-hydrogen) atoms. The van der Waals surface area contributed by atoms with Gasteiger partial charge in [0.1, 0.15) is 15.9 Å². The van der Waals surface area contributed by atoms with Crippen LogP contribution in [0.5, 0.6) is 0 Å². The maximum absolute atomic E-state index is 13.1. The van der Waals surface area contributed by atoms with Crippen LogP contribution in [0.2, 0.25) is 0 Å². The van der Waals surface area contributed by atoms with E-state index in [1.807, 2.05) is 26.0 Å². The number of nitrogens with zero attached hydrogens (tertiary/aromatic N) is 1. The van der Waals surface area contributed by atoms with Gasteiger partial charge in [-0.05, 0) is 49.6 Å². The Bertz CT molecular complexity index is 1070. The van der Waals surface area contributed by atoms with Gasteiger partial charge in [0.05, 0.1) is 16.9 Å². The minimum Gasteiger partial charge on any atom is -0.324 e. The van der Waals surface area contributed by atoms with Crippen molar-refractivity contribution in [2.24, 2.45) is 0 Å². The Morgan fingerprint density at radius 2 is 1.62 bits per heavy atom. The number of benzene rings is 2. The smallest absolute Gasteiger partial charge is 0.262 e. The SMILES string of the molecule is Cc1ccc(C)c(NC(=O)[C@@H](CCS(C)(=O)=O)N2C(=O)c3ccccc3C2=O)c1. The first-order valence-corrected chi connectivity index (χ1v) is 11.2. The molecule has 8 heteroatoms. The molecular weight excluding hydrogens is 392 g/mol. The van der Waals surface area contributed by atoms with Crippen molar-refractivity contribution < 1.29 is 22.8 Å². The number of imide groups is 1. The molecule has 1 aliphatic rings. The largest absolute Gasteiger partial charge is 0.324 e. The van der Waals surface area contributed by atoms with Gasteiger partial charge < -0.3 is 5.32 Å². The summed E-state index contributed by atoms with van der Waals surface area (Å²) in [5, 5.41) is 2.75. The van der Waals surface area contributed by atoms with E-state index in [1.165, 1.54) is 12.1 Å². The van der Waals surface area contributed by atoms with Crippen LogP contribution in [0.25, 0.3) is 0 Å². The molecule has 0 saturated carbocycles. The molecule has 0 radical (unpaired) electrons. The normalized spacial score (nSPS) is 14.7. The lowest BCUT2D eigenvalue weighted by molar-refractivity contribution is -0.120. The summed E-state index contributed by atoms with van der Waals surface area (Å²) >= 11 is 0. The Kier molecular flexibility index (Phi) is 5.57. The molecule has 0 unspecified atom stereocenters. The van der Waals surface area contributed by atoms with Gasteiger partial charge in [0.15, 0.2) is 0 Å². The molecule has 1 atom stereocenters. The highest BCUT2D eigenvalue weighted by molar-refractivity contribution is 7.90. The van der Waals surface area contributed by atoms with Crippen LogP contribution < -0.4 is 5.32 Å². The summed E-state index contributed by atoms with van der Waals surface area (Å²) in [6.45, 7) is 3.70. The van der Waals surface area contributed by atoms with Crippen LogP contribution in [0.15, 0.2) is 42.5 Å². The third-order valence-corrected chi connectivity index (χ3v) is 5.83. The van der Waals surface area contributed by atoms with Gasteiger partial charge in [-0.1, -0.05) is 24.3 Å². The average Bonchev–Trinajstić information content (AvgIpc) is 2.89. The van der Waals surface area contributed by atoms with Crippen molar-refractivity contribution in [1.82, 2.24) is 4.90 Å². The molecule has 3 amide bonds. The van der Waals surface area contributed by atoms with Crippen molar-refractivity contribution in [1.29, 1.82) is 0 Å². The van der Waals surface area contributed by atoms with Crippen molar-refractivity contribution in [2.75, 3.05) is 17.3 Å². The zero-order valence-corrected chi connectivity index (χ0v) is 17.2. The Balaban J connectivity index is 1.95. The maximum atomic E-state index is 13.1. The topological polar surface area (TPSA) is 101 Å². The number of rotatable bonds is 6. The van der Waals surface area contributed by atoms with Gasteiger partial charge in [0.2, 0.25) is 5.91 Å². The third kappa shape index (κ3) is 4.37. The van der Waals surface area contributed by atoms with Crippen molar-refractivity contribution >= 4 is 33.2 Å². The van der Waals surface area contributed by atoms with Crippen LogP contribution in [0, 0.1) is 13.8 Å².